The number of amides is 1. The van der Waals surface area contributed by atoms with Crippen molar-refractivity contribution in [2.45, 2.75) is 51.3 Å². The molecule has 2 fully saturated rings. The number of aromatic nitrogens is 4. The van der Waals surface area contributed by atoms with Crippen LogP contribution in [0.2, 0.25) is 0 Å². The van der Waals surface area contributed by atoms with E-state index >= 15 is 0 Å². The van der Waals surface area contributed by atoms with Gasteiger partial charge >= 0.3 is 11.8 Å². The Morgan fingerprint density at radius 3 is 2.24 bits per heavy atom. The molecule has 2 aromatic carbocycles. The van der Waals surface area contributed by atoms with E-state index in [4.69, 9.17) is 15.2 Å². The summed E-state index contributed by atoms with van der Waals surface area (Å²) in [5.74, 6) is 1.65. The second-order valence-electron chi connectivity index (χ2n) is 11.6. The van der Waals surface area contributed by atoms with E-state index in [1.54, 1.807) is 14.0 Å². The summed E-state index contributed by atoms with van der Waals surface area (Å²) in [7, 11) is 0. The molecule has 6 rings (SSSR count). The first-order valence-corrected chi connectivity index (χ1v) is 14.0. The number of hydrogen-bond acceptors (Lipinski definition) is 8. The first-order valence-electron chi connectivity index (χ1n) is 14.0. The Morgan fingerprint density at radius 1 is 0.927 bits per heavy atom. The van der Waals surface area contributed by atoms with E-state index < -0.39 is 5.60 Å². The normalized spacial score (nSPS) is 17.0. The molecule has 0 bridgehead atoms. The van der Waals surface area contributed by atoms with E-state index in [1.165, 1.54) is 6.33 Å². The van der Waals surface area contributed by atoms with E-state index in [1.807, 2.05) is 75.4 Å². The van der Waals surface area contributed by atoms with Gasteiger partial charge in [0.2, 0.25) is 0 Å². The minimum absolute atomic E-state index is 0.0282. The number of carbonyl (C=O) groups is 1. The Balaban J connectivity index is 1.19. The Labute approximate surface area is 238 Å². The third-order valence-electron chi connectivity index (χ3n) is 7.65. The van der Waals surface area contributed by atoms with Crippen LogP contribution in [0, 0.1) is 0 Å². The second-order valence-corrected chi connectivity index (χ2v) is 11.6. The SMILES string of the molecule is CC(C)(C)OC(=O)N1CC(N2CCC(n3c(=O)n(-c4ccc(Oc5ccccc5)cc4)c4c(N)ncnc43)CC2)C1. The quantitative estimate of drug-likeness (QED) is 0.387. The van der Waals surface area contributed by atoms with Crippen molar-refractivity contribution >= 4 is 23.1 Å². The lowest BCUT2D eigenvalue weighted by Crippen LogP contribution is -2.62. The highest BCUT2D eigenvalue weighted by molar-refractivity contribution is 5.84. The summed E-state index contributed by atoms with van der Waals surface area (Å²) in [6.45, 7) is 8.59. The standard InChI is InChI=1S/C30H35N7O4/c1-30(2,3)41-29(39)35-17-22(18-35)34-15-13-21(14-16-34)37-27-25(26(31)32-19-33-27)36(28(37)38)20-9-11-24(12-10-20)40-23-7-5-4-6-8-23/h4-12,19,21-22H,13-18H2,1-3H3,(H2,31,32,33). The molecule has 11 nitrogen and oxygen atoms in total. The fraction of sp³-hybridized carbons (Fsp3) is 0.400. The fourth-order valence-corrected chi connectivity index (χ4v) is 5.59. The molecule has 0 radical (unpaired) electrons. The van der Waals surface area contributed by atoms with Gasteiger partial charge in [-0.15, -0.1) is 0 Å². The van der Waals surface area contributed by atoms with Gasteiger partial charge in [0, 0.05) is 38.3 Å². The van der Waals surface area contributed by atoms with Crippen molar-refractivity contribution in [3.8, 4) is 17.2 Å². The minimum atomic E-state index is -0.502. The molecule has 1 amide bonds. The number of nitrogens with two attached hydrogens (primary N) is 1. The Bertz CT molecular complexity index is 1590. The number of fused-ring (bicyclic) bond motifs is 1. The van der Waals surface area contributed by atoms with Crippen molar-refractivity contribution < 1.29 is 14.3 Å². The Morgan fingerprint density at radius 2 is 1.59 bits per heavy atom. The average molecular weight is 558 g/mol. The van der Waals surface area contributed by atoms with Crippen molar-refractivity contribution in [2.24, 2.45) is 0 Å². The smallest absolute Gasteiger partial charge is 0.410 e. The summed E-state index contributed by atoms with van der Waals surface area (Å²) in [4.78, 5) is 39.1. The van der Waals surface area contributed by atoms with Crippen LogP contribution in [0.3, 0.4) is 0 Å². The van der Waals surface area contributed by atoms with Gasteiger partial charge in [-0.25, -0.2) is 19.6 Å². The number of ether oxygens (including phenoxy) is 2. The predicted molar refractivity (Wildman–Crippen MR) is 155 cm³/mol. The molecule has 41 heavy (non-hydrogen) atoms. The van der Waals surface area contributed by atoms with E-state index in [0.29, 0.717) is 41.7 Å². The Kier molecular flexibility index (Phi) is 6.90. The molecule has 11 heteroatoms. The van der Waals surface area contributed by atoms with Crippen LogP contribution in [0.4, 0.5) is 10.6 Å². The third-order valence-corrected chi connectivity index (χ3v) is 7.65. The minimum Gasteiger partial charge on any atom is -0.457 e. The molecule has 2 aliphatic rings. The zero-order valence-electron chi connectivity index (χ0n) is 23.6. The fourth-order valence-electron chi connectivity index (χ4n) is 5.59. The highest BCUT2D eigenvalue weighted by Crippen LogP contribution is 2.31. The topological polar surface area (TPSA) is 121 Å². The second kappa shape index (κ2) is 10.5. The maximum Gasteiger partial charge on any atom is 0.410 e. The first kappa shape index (κ1) is 26.8. The summed E-state index contributed by atoms with van der Waals surface area (Å²) in [6.07, 6.45) is 2.72. The molecule has 2 aliphatic heterocycles. The number of piperidine rings is 1. The van der Waals surface area contributed by atoms with Gasteiger partial charge in [0.1, 0.15) is 28.9 Å². The number of anilines is 1. The molecule has 0 aliphatic carbocycles. The third kappa shape index (κ3) is 5.37. The number of nitrogens with zero attached hydrogens (tertiary/aromatic N) is 6. The van der Waals surface area contributed by atoms with Gasteiger partial charge in [-0.1, -0.05) is 18.2 Å². The maximum atomic E-state index is 13.9. The van der Waals surface area contributed by atoms with Crippen LogP contribution in [0.5, 0.6) is 11.5 Å². The van der Waals surface area contributed by atoms with Gasteiger partial charge in [0.05, 0.1) is 5.69 Å². The van der Waals surface area contributed by atoms with Gasteiger partial charge in [0.25, 0.3) is 0 Å². The summed E-state index contributed by atoms with van der Waals surface area (Å²) >= 11 is 0. The zero-order valence-corrected chi connectivity index (χ0v) is 23.6. The molecular formula is C30H35N7O4. The van der Waals surface area contributed by atoms with Gasteiger partial charge in [0.15, 0.2) is 11.5 Å². The number of imidazole rings is 1. The predicted octanol–water partition coefficient (Wildman–Crippen LogP) is 4.21. The van der Waals surface area contributed by atoms with Crippen molar-refractivity contribution in [1.82, 2.24) is 28.9 Å². The number of benzene rings is 2. The maximum absolute atomic E-state index is 13.9. The van der Waals surface area contributed by atoms with Gasteiger partial charge in [-0.2, -0.15) is 0 Å². The molecule has 2 saturated heterocycles. The molecule has 0 atom stereocenters. The van der Waals surface area contributed by atoms with Crippen molar-refractivity contribution in [1.29, 1.82) is 0 Å². The summed E-state index contributed by atoms with van der Waals surface area (Å²) in [6, 6.07) is 17.1. The summed E-state index contributed by atoms with van der Waals surface area (Å²) in [5, 5.41) is 0. The van der Waals surface area contributed by atoms with Crippen LogP contribution in [0.15, 0.2) is 65.7 Å². The van der Waals surface area contributed by atoms with Gasteiger partial charge in [-0.05, 0) is 70.0 Å². The molecule has 2 N–H and O–H groups in total. The lowest BCUT2D eigenvalue weighted by atomic mass is 9.99. The lowest BCUT2D eigenvalue weighted by molar-refractivity contribution is -0.0211. The molecule has 4 heterocycles. The van der Waals surface area contributed by atoms with E-state index in [9.17, 15) is 9.59 Å². The number of likely N-dealkylation sites (tertiary alicyclic amines) is 2. The molecular weight excluding hydrogens is 522 g/mol. The monoisotopic (exact) mass is 557 g/mol. The van der Waals surface area contributed by atoms with Crippen LogP contribution in [0.25, 0.3) is 16.9 Å². The van der Waals surface area contributed by atoms with Gasteiger partial charge in [-0.3, -0.25) is 14.0 Å². The summed E-state index contributed by atoms with van der Waals surface area (Å²) in [5.41, 5.74) is 7.31. The van der Waals surface area contributed by atoms with Crippen molar-refractivity contribution in [2.75, 3.05) is 31.9 Å². The van der Waals surface area contributed by atoms with Crippen LogP contribution in [0.1, 0.15) is 39.7 Å². The van der Waals surface area contributed by atoms with Crippen molar-refractivity contribution in [3.63, 3.8) is 0 Å². The molecule has 4 aromatic rings. The molecule has 2 aromatic heterocycles. The number of nitrogen functional groups attached to an aromatic ring is 1. The molecule has 214 valence electrons. The Hall–Kier alpha value is -4.38. The van der Waals surface area contributed by atoms with Crippen LogP contribution < -0.4 is 16.2 Å². The van der Waals surface area contributed by atoms with Crippen molar-refractivity contribution in [3.05, 3.63) is 71.4 Å². The highest BCUT2D eigenvalue weighted by Gasteiger charge is 2.39. The van der Waals surface area contributed by atoms with Crippen LogP contribution in [-0.2, 0) is 4.74 Å². The molecule has 0 spiro atoms. The van der Waals surface area contributed by atoms with Gasteiger partial charge < -0.3 is 20.1 Å². The van der Waals surface area contributed by atoms with Crippen LogP contribution >= 0.6 is 0 Å². The largest absolute Gasteiger partial charge is 0.457 e. The number of para-hydroxylation sites is 1. The summed E-state index contributed by atoms with van der Waals surface area (Å²) < 4.78 is 14.8. The number of rotatable bonds is 5. The lowest BCUT2D eigenvalue weighted by Gasteiger charge is -2.47. The first-order chi connectivity index (χ1) is 19.7. The molecule has 0 saturated carbocycles. The van der Waals surface area contributed by atoms with E-state index in [2.05, 4.69) is 14.9 Å². The number of carbonyl (C=O) groups excluding carboxylic acids is 1. The van der Waals surface area contributed by atoms with Crippen LogP contribution in [-0.4, -0.2) is 72.8 Å². The highest BCUT2D eigenvalue weighted by atomic mass is 16.6. The van der Waals surface area contributed by atoms with E-state index in [-0.39, 0.29) is 23.6 Å². The number of hydrogen-bond donors (Lipinski definition) is 1. The van der Waals surface area contributed by atoms with E-state index in [0.717, 1.165) is 31.7 Å². The molecule has 0 unspecified atom stereocenters. The zero-order chi connectivity index (χ0) is 28.7. The average Bonchev–Trinajstić information content (AvgIpc) is 3.21.